The van der Waals surface area contributed by atoms with Crippen LogP contribution in [0.4, 0.5) is 0 Å². The van der Waals surface area contributed by atoms with Crippen LogP contribution in [0.15, 0.2) is 24.3 Å². The minimum absolute atomic E-state index is 0.0508. The highest BCUT2D eigenvalue weighted by Gasteiger charge is 2.48. The lowest BCUT2D eigenvalue weighted by molar-refractivity contribution is -0.134. The molecule has 1 N–H and O–H groups in total. The number of rotatable bonds is 6. The van der Waals surface area contributed by atoms with E-state index in [2.05, 4.69) is 10.2 Å². The van der Waals surface area contributed by atoms with E-state index < -0.39 is 5.54 Å². The molecule has 2 fully saturated rings. The molecule has 5 rings (SSSR count). The van der Waals surface area contributed by atoms with Gasteiger partial charge in [-0.25, -0.2) is 0 Å². The number of methoxy groups -OCH3 is 1. The van der Waals surface area contributed by atoms with Crippen LogP contribution in [-0.2, 0) is 16.1 Å². The highest BCUT2D eigenvalue weighted by molar-refractivity contribution is 6.03. The fourth-order valence-corrected chi connectivity index (χ4v) is 5.66. The monoisotopic (exact) mass is 468 g/mol. The molecular formula is C26H36N4O4. The van der Waals surface area contributed by atoms with Crippen molar-refractivity contribution in [3.8, 4) is 5.75 Å². The van der Waals surface area contributed by atoms with E-state index in [1.54, 1.807) is 7.11 Å². The first-order valence-corrected chi connectivity index (χ1v) is 12.6. The number of nitrogens with zero attached hydrogens (tertiary/aromatic N) is 3. The van der Waals surface area contributed by atoms with Gasteiger partial charge in [0.15, 0.2) is 0 Å². The number of carbonyl (C=O) groups excluding carboxylic acids is 2. The lowest BCUT2D eigenvalue weighted by Gasteiger charge is -2.45. The maximum atomic E-state index is 13.9. The van der Waals surface area contributed by atoms with E-state index in [1.165, 1.54) is 6.42 Å². The Morgan fingerprint density at radius 3 is 2.65 bits per heavy atom. The van der Waals surface area contributed by atoms with Gasteiger partial charge >= 0.3 is 0 Å². The first-order chi connectivity index (χ1) is 16.5. The van der Waals surface area contributed by atoms with Crippen molar-refractivity contribution in [1.82, 2.24) is 19.7 Å². The normalized spacial score (nSPS) is 24.3. The molecule has 1 aromatic heterocycles. The summed E-state index contributed by atoms with van der Waals surface area (Å²) < 4.78 is 12.9. The summed E-state index contributed by atoms with van der Waals surface area (Å²) >= 11 is 0. The second-order valence-corrected chi connectivity index (χ2v) is 10.0. The Kier molecular flexibility index (Phi) is 6.53. The van der Waals surface area contributed by atoms with Crippen LogP contribution >= 0.6 is 0 Å². The molecule has 1 atom stereocenters. The number of hydrogen-bond donors (Lipinski definition) is 1. The minimum Gasteiger partial charge on any atom is -0.497 e. The third-order valence-electron chi connectivity index (χ3n) is 7.81. The van der Waals surface area contributed by atoms with Crippen molar-refractivity contribution >= 4 is 22.7 Å². The Hall–Kier alpha value is -2.58. The number of ether oxygens (including phenoxy) is 2. The molecule has 184 valence electrons. The molecule has 2 aliphatic heterocycles. The summed E-state index contributed by atoms with van der Waals surface area (Å²) in [5, 5.41) is 4.29. The van der Waals surface area contributed by atoms with Crippen molar-refractivity contribution in [2.45, 2.75) is 57.2 Å². The van der Waals surface area contributed by atoms with Crippen LogP contribution in [-0.4, -0.2) is 84.3 Å². The third kappa shape index (κ3) is 4.29. The maximum Gasteiger partial charge on any atom is 0.271 e. The van der Waals surface area contributed by atoms with Crippen molar-refractivity contribution in [3.05, 3.63) is 30.0 Å². The van der Waals surface area contributed by atoms with E-state index in [9.17, 15) is 9.59 Å². The predicted molar refractivity (Wildman–Crippen MR) is 130 cm³/mol. The molecule has 0 spiro atoms. The number of nitrogens with one attached hydrogen (secondary N) is 1. The first-order valence-electron chi connectivity index (χ1n) is 12.6. The van der Waals surface area contributed by atoms with E-state index in [-0.39, 0.29) is 17.9 Å². The molecule has 0 bridgehead atoms. The molecule has 1 aliphatic carbocycles. The Labute approximate surface area is 201 Å². The van der Waals surface area contributed by atoms with Crippen LogP contribution in [0.1, 0.15) is 49.5 Å². The molecule has 1 saturated carbocycles. The Morgan fingerprint density at radius 2 is 1.91 bits per heavy atom. The molecule has 3 heterocycles. The van der Waals surface area contributed by atoms with E-state index in [4.69, 9.17) is 9.47 Å². The summed E-state index contributed by atoms with van der Waals surface area (Å²) in [5.41, 5.74) is 0.587. The summed E-state index contributed by atoms with van der Waals surface area (Å²) in [6.45, 7) is 6.73. The fraction of sp³-hybridized carbons (Fsp3) is 0.615. The third-order valence-corrected chi connectivity index (χ3v) is 7.81. The smallest absolute Gasteiger partial charge is 0.271 e. The first kappa shape index (κ1) is 23.2. The fourth-order valence-electron chi connectivity index (χ4n) is 5.66. The van der Waals surface area contributed by atoms with Crippen LogP contribution in [0, 0.1) is 0 Å². The van der Waals surface area contributed by atoms with E-state index in [1.807, 2.05) is 40.7 Å². The molecule has 8 nitrogen and oxygen atoms in total. The molecule has 3 aliphatic rings. The van der Waals surface area contributed by atoms with Gasteiger partial charge in [0.25, 0.3) is 5.91 Å². The summed E-state index contributed by atoms with van der Waals surface area (Å²) in [5.74, 6) is 0.602. The number of morpholine rings is 1. The minimum atomic E-state index is -0.969. The lowest BCUT2D eigenvalue weighted by atomic mass is 9.91. The quantitative estimate of drug-likeness (QED) is 0.706. The van der Waals surface area contributed by atoms with Crippen molar-refractivity contribution in [3.63, 3.8) is 0 Å². The van der Waals surface area contributed by atoms with Gasteiger partial charge in [0.1, 0.15) is 17.0 Å². The number of fused-ring (bicyclic) bond motifs is 3. The largest absolute Gasteiger partial charge is 0.497 e. The van der Waals surface area contributed by atoms with Gasteiger partial charge in [-0.1, -0.05) is 19.3 Å². The van der Waals surface area contributed by atoms with Gasteiger partial charge < -0.3 is 24.3 Å². The molecular weight excluding hydrogens is 432 g/mol. The molecule has 2 amide bonds. The van der Waals surface area contributed by atoms with Gasteiger partial charge in [-0.2, -0.15) is 0 Å². The van der Waals surface area contributed by atoms with E-state index in [0.29, 0.717) is 32.0 Å². The second-order valence-electron chi connectivity index (χ2n) is 10.0. The topological polar surface area (TPSA) is 76.0 Å². The van der Waals surface area contributed by atoms with Crippen molar-refractivity contribution < 1.29 is 19.1 Å². The Balaban J connectivity index is 1.47. The SMILES string of the molecule is COc1ccc2cc3n(c2c1)CC(C)(C(=O)NC1CCCCC1)N(CCN1CCOCC1)C3=O. The maximum absolute atomic E-state index is 13.9. The number of benzene rings is 1. The zero-order chi connectivity index (χ0) is 23.7. The number of amides is 2. The van der Waals surface area contributed by atoms with Crippen LogP contribution in [0.25, 0.3) is 10.9 Å². The van der Waals surface area contributed by atoms with Crippen LogP contribution in [0.2, 0.25) is 0 Å². The standard InChI is InChI=1S/C26H36N4O4/c1-26(25(32)27-20-6-4-3-5-7-20)18-29-22-17-21(33-2)9-8-19(22)16-23(29)24(31)30(26)11-10-28-12-14-34-15-13-28/h8-9,16-17,20H,3-7,10-15,18H2,1-2H3,(H,27,32). The van der Waals surface area contributed by atoms with Gasteiger partial charge in [0.05, 0.1) is 32.4 Å². The predicted octanol–water partition coefficient (Wildman–Crippen LogP) is 2.65. The zero-order valence-corrected chi connectivity index (χ0v) is 20.3. The zero-order valence-electron chi connectivity index (χ0n) is 20.3. The van der Waals surface area contributed by atoms with Crippen LogP contribution in [0.5, 0.6) is 5.75 Å². The van der Waals surface area contributed by atoms with E-state index in [0.717, 1.165) is 62.0 Å². The van der Waals surface area contributed by atoms with Gasteiger partial charge in [0.2, 0.25) is 5.91 Å². The summed E-state index contributed by atoms with van der Waals surface area (Å²) in [6.07, 6.45) is 5.55. The summed E-state index contributed by atoms with van der Waals surface area (Å²) in [4.78, 5) is 31.8. The van der Waals surface area contributed by atoms with Crippen molar-refractivity contribution in [1.29, 1.82) is 0 Å². The summed E-state index contributed by atoms with van der Waals surface area (Å²) in [6, 6.07) is 7.97. The average Bonchev–Trinajstić information content (AvgIpc) is 3.22. The van der Waals surface area contributed by atoms with Crippen molar-refractivity contribution in [2.75, 3.05) is 46.5 Å². The van der Waals surface area contributed by atoms with Crippen LogP contribution in [0.3, 0.4) is 0 Å². The molecule has 8 heteroatoms. The number of aromatic nitrogens is 1. The lowest BCUT2D eigenvalue weighted by Crippen LogP contribution is -2.66. The summed E-state index contributed by atoms with van der Waals surface area (Å²) in [7, 11) is 1.64. The highest BCUT2D eigenvalue weighted by Crippen LogP contribution is 2.34. The second kappa shape index (κ2) is 9.58. The van der Waals surface area contributed by atoms with Gasteiger partial charge in [-0.15, -0.1) is 0 Å². The Morgan fingerprint density at radius 1 is 1.15 bits per heavy atom. The highest BCUT2D eigenvalue weighted by atomic mass is 16.5. The van der Waals surface area contributed by atoms with Gasteiger partial charge in [0, 0.05) is 43.7 Å². The van der Waals surface area contributed by atoms with Crippen molar-refractivity contribution in [2.24, 2.45) is 0 Å². The molecule has 2 aromatic rings. The van der Waals surface area contributed by atoms with Crippen LogP contribution < -0.4 is 10.1 Å². The van der Waals surface area contributed by atoms with Gasteiger partial charge in [-0.05, 0) is 38.0 Å². The van der Waals surface area contributed by atoms with Gasteiger partial charge in [-0.3, -0.25) is 14.5 Å². The molecule has 1 aromatic carbocycles. The molecule has 1 unspecified atom stereocenters. The average molecular weight is 469 g/mol. The molecule has 34 heavy (non-hydrogen) atoms. The number of carbonyl (C=O) groups is 2. The number of hydrogen-bond acceptors (Lipinski definition) is 5. The molecule has 0 radical (unpaired) electrons. The molecule has 1 saturated heterocycles. The Bertz CT molecular complexity index is 1050. The van der Waals surface area contributed by atoms with E-state index >= 15 is 0 Å².